The van der Waals surface area contributed by atoms with E-state index in [0.29, 0.717) is 12.6 Å². The van der Waals surface area contributed by atoms with E-state index < -0.39 is 0 Å². The van der Waals surface area contributed by atoms with Crippen LogP contribution in [0, 0.1) is 0 Å². The maximum Gasteiger partial charge on any atom is 0.0832 e. The Labute approximate surface area is 95.1 Å². The molecule has 0 bridgehead atoms. The number of aliphatic hydroxyl groups is 1. The molecule has 2 heterocycles. The Hall–Kier alpha value is -1.55. The fraction of sp³-hybridized carbons (Fsp3) is 0.417. The minimum Gasteiger partial charge on any atom is -0.390 e. The van der Waals surface area contributed by atoms with Gasteiger partial charge in [0, 0.05) is 24.1 Å². The fourth-order valence-electron chi connectivity index (χ4n) is 1.67. The Morgan fingerprint density at radius 2 is 2.12 bits per heavy atom. The van der Waals surface area contributed by atoms with Crippen LogP contribution in [0.4, 0.5) is 0 Å². The lowest BCUT2D eigenvalue weighted by Gasteiger charge is -2.06. The van der Waals surface area contributed by atoms with Crippen LogP contribution in [-0.2, 0) is 13.2 Å². The van der Waals surface area contributed by atoms with Gasteiger partial charge in [-0.1, -0.05) is 0 Å². The molecule has 0 atom stereocenters. The van der Waals surface area contributed by atoms with E-state index in [1.165, 1.54) is 0 Å². The molecule has 0 aromatic carbocycles. The second-order valence-electron chi connectivity index (χ2n) is 4.17. The molecular formula is C12H17N3O. The Morgan fingerprint density at radius 3 is 2.75 bits per heavy atom. The molecule has 2 aromatic heterocycles. The van der Waals surface area contributed by atoms with Crippen LogP contribution in [0.25, 0.3) is 0 Å². The van der Waals surface area contributed by atoms with Crippen LogP contribution >= 0.6 is 0 Å². The number of rotatable bonds is 4. The molecule has 0 aliphatic carbocycles. The largest absolute Gasteiger partial charge is 0.390 e. The molecule has 86 valence electrons. The third-order valence-corrected chi connectivity index (χ3v) is 2.61. The Balaban J connectivity index is 2.14. The summed E-state index contributed by atoms with van der Waals surface area (Å²) in [6.07, 6.45) is 3.95. The summed E-state index contributed by atoms with van der Waals surface area (Å²) in [7, 11) is 0. The maximum atomic E-state index is 9.13. The molecule has 0 fully saturated rings. The van der Waals surface area contributed by atoms with Gasteiger partial charge in [0.15, 0.2) is 0 Å². The molecule has 0 amide bonds. The van der Waals surface area contributed by atoms with Crippen molar-refractivity contribution in [2.45, 2.75) is 33.0 Å². The van der Waals surface area contributed by atoms with Crippen LogP contribution in [-0.4, -0.2) is 19.5 Å². The lowest BCUT2D eigenvalue weighted by molar-refractivity contribution is 0.271. The number of hydrogen-bond donors (Lipinski definition) is 1. The summed E-state index contributed by atoms with van der Waals surface area (Å²) in [6.45, 7) is 4.98. The molecule has 16 heavy (non-hydrogen) atoms. The van der Waals surface area contributed by atoms with E-state index >= 15 is 0 Å². The van der Waals surface area contributed by atoms with E-state index in [0.717, 1.165) is 11.4 Å². The predicted molar refractivity (Wildman–Crippen MR) is 62.1 cm³/mol. The van der Waals surface area contributed by atoms with Crippen molar-refractivity contribution in [1.29, 1.82) is 0 Å². The average Bonchev–Trinajstić information content (AvgIpc) is 2.87. The predicted octanol–water partition coefficient (Wildman–Crippen LogP) is 1.81. The van der Waals surface area contributed by atoms with E-state index in [9.17, 15) is 0 Å². The summed E-state index contributed by atoms with van der Waals surface area (Å²) in [5.74, 6) is 0. The van der Waals surface area contributed by atoms with E-state index in [4.69, 9.17) is 5.11 Å². The first-order valence-corrected chi connectivity index (χ1v) is 5.49. The van der Waals surface area contributed by atoms with Gasteiger partial charge in [-0.05, 0) is 32.0 Å². The van der Waals surface area contributed by atoms with Crippen molar-refractivity contribution >= 4 is 0 Å². The van der Waals surface area contributed by atoms with Gasteiger partial charge in [-0.3, -0.25) is 4.68 Å². The highest BCUT2D eigenvalue weighted by Gasteiger charge is 2.04. The van der Waals surface area contributed by atoms with E-state index in [1.54, 1.807) is 0 Å². The minimum absolute atomic E-state index is 0.0674. The van der Waals surface area contributed by atoms with E-state index in [1.807, 2.05) is 39.8 Å². The van der Waals surface area contributed by atoms with Crippen molar-refractivity contribution in [3.05, 3.63) is 42.0 Å². The van der Waals surface area contributed by atoms with Gasteiger partial charge in [-0.2, -0.15) is 5.10 Å². The lowest BCUT2D eigenvalue weighted by Crippen LogP contribution is -2.06. The summed E-state index contributed by atoms with van der Waals surface area (Å²) >= 11 is 0. The van der Waals surface area contributed by atoms with Crippen LogP contribution in [0.1, 0.15) is 31.3 Å². The number of hydrogen-bond acceptors (Lipinski definition) is 2. The van der Waals surface area contributed by atoms with Crippen LogP contribution in [0.3, 0.4) is 0 Å². The standard InChI is InChI=1S/C12H17N3O/c1-10(2)15-7-5-11(13-15)8-14-6-3-4-12(14)9-16/h3-7,10,16H,8-9H2,1-2H3. The van der Waals surface area contributed by atoms with Crippen LogP contribution < -0.4 is 0 Å². The molecule has 0 unspecified atom stereocenters. The molecule has 4 heteroatoms. The second kappa shape index (κ2) is 4.53. The molecule has 0 spiro atoms. The van der Waals surface area contributed by atoms with Gasteiger partial charge >= 0.3 is 0 Å². The van der Waals surface area contributed by atoms with Gasteiger partial charge in [-0.25, -0.2) is 0 Å². The third kappa shape index (κ3) is 2.17. The van der Waals surface area contributed by atoms with Gasteiger partial charge in [0.05, 0.1) is 18.8 Å². The maximum absolute atomic E-state index is 9.13. The fourth-order valence-corrected chi connectivity index (χ4v) is 1.67. The first kappa shape index (κ1) is 11.0. The minimum atomic E-state index is 0.0674. The monoisotopic (exact) mass is 219 g/mol. The van der Waals surface area contributed by atoms with Gasteiger partial charge in [-0.15, -0.1) is 0 Å². The number of aromatic nitrogens is 3. The zero-order valence-electron chi connectivity index (χ0n) is 9.67. The molecule has 0 saturated heterocycles. The van der Waals surface area contributed by atoms with Gasteiger partial charge < -0.3 is 9.67 Å². The highest BCUT2D eigenvalue weighted by atomic mass is 16.3. The first-order valence-electron chi connectivity index (χ1n) is 5.49. The van der Waals surface area contributed by atoms with Crippen LogP contribution in [0.2, 0.25) is 0 Å². The molecular weight excluding hydrogens is 202 g/mol. The number of nitrogens with zero attached hydrogens (tertiary/aromatic N) is 3. The summed E-state index contributed by atoms with van der Waals surface area (Å²) in [6, 6.07) is 6.25. The average molecular weight is 219 g/mol. The normalized spacial score (nSPS) is 11.2. The van der Waals surface area contributed by atoms with E-state index in [2.05, 4.69) is 18.9 Å². The third-order valence-electron chi connectivity index (χ3n) is 2.61. The molecule has 0 radical (unpaired) electrons. The molecule has 1 N–H and O–H groups in total. The highest BCUT2D eigenvalue weighted by molar-refractivity contribution is 5.09. The van der Waals surface area contributed by atoms with E-state index in [-0.39, 0.29) is 6.61 Å². The van der Waals surface area contributed by atoms with Crippen molar-refractivity contribution in [2.24, 2.45) is 0 Å². The molecule has 2 rings (SSSR count). The molecule has 4 nitrogen and oxygen atoms in total. The zero-order chi connectivity index (χ0) is 11.5. The van der Waals surface area contributed by atoms with Crippen molar-refractivity contribution in [3.63, 3.8) is 0 Å². The van der Waals surface area contributed by atoms with Crippen molar-refractivity contribution in [2.75, 3.05) is 0 Å². The smallest absolute Gasteiger partial charge is 0.0832 e. The second-order valence-corrected chi connectivity index (χ2v) is 4.17. The zero-order valence-corrected chi connectivity index (χ0v) is 9.67. The molecule has 0 saturated carbocycles. The van der Waals surface area contributed by atoms with Crippen LogP contribution in [0.5, 0.6) is 0 Å². The molecule has 0 aliphatic rings. The lowest BCUT2D eigenvalue weighted by atomic mass is 10.4. The van der Waals surface area contributed by atoms with Crippen LogP contribution in [0.15, 0.2) is 30.6 Å². The molecule has 0 aliphatic heterocycles. The Kier molecular flexibility index (Phi) is 3.10. The Bertz CT molecular complexity index is 456. The topological polar surface area (TPSA) is 43.0 Å². The van der Waals surface area contributed by atoms with Gasteiger partial charge in [0.1, 0.15) is 0 Å². The van der Waals surface area contributed by atoms with Gasteiger partial charge in [0.25, 0.3) is 0 Å². The quantitative estimate of drug-likeness (QED) is 0.852. The van der Waals surface area contributed by atoms with Crippen molar-refractivity contribution in [3.8, 4) is 0 Å². The van der Waals surface area contributed by atoms with Crippen molar-refractivity contribution in [1.82, 2.24) is 14.3 Å². The molecule has 2 aromatic rings. The SMILES string of the molecule is CC(C)n1ccc(Cn2cccc2CO)n1. The Morgan fingerprint density at radius 1 is 1.31 bits per heavy atom. The highest BCUT2D eigenvalue weighted by Crippen LogP contribution is 2.08. The van der Waals surface area contributed by atoms with Gasteiger partial charge in [0.2, 0.25) is 0 Å². The summed E-state index contributed by atoms with van der Waals surface area (Å²) < 4.78 is 3.95. The summed E-state index contributed by atoms with van der Waals surface area (Å²) in [5, 5.41) is 13.6. The summed E-state index contributed by atoms with van der Waals surface area (Å²) in [4.78, 5) is 0. The number of aliphatic hydroxyl groups excluding tert-OH is 1. The first-order chi connectivity index (χ1) is 7.70. The van der Waals surface area contributed by atoms with Crippen molar-refractivity contribution < 1.29 is 5.11 Å². The summed E-state index contributed by atoms with van der Waals surface area (Å²) in [5.41, 5.74) is 1.93.